The van der Waals surface area contributed by atoms with Crippen molar-refractivity contribution in [3.63, 3.8) is 0 Å². The summed E-state index contributed by atoms with van der Waals surface area (Å²) in [7, 11) is 2.14. The van der Waals surface area contributed by atoms with Crippen LogP contribution in [-0.2, 0) is 19.4 Å². The number of hydrogen-bond donors (Lipinski definition) is 2. The molecule has 0 bridgehead atoms. The van der Waals surface area contributed by atoms with E-state index in [1.807, 2.05) is 11.0 Å². The van der Waals surface area contributed by atoms with Crippen LogP contribution >= 0.6 is 0 Å². The standard InChI is InChI=1S/C29H35N7O/c1-34-13-15-35(16-14-34)27-18-26(31-28(30)33-27)22-10-9-20-11-12-36(19-23(20)17-22)29(37)32-25-8-4-6-21-5-2-3-7-24(21)25/h2-3,5,7,9-10,17-18,25H,4,6,8,11-16,19H2,1H3,(H,32,37)(H2,30,31,33). The van der Waals surface area contributed by atoms with E-state index >= 15 is 0 Å². The highest BCUT2D eigenvalue weighted by atomic mass is 16.2. The number of aryl methyl sites for hydroxylation is 1. The first-order valence-corrected chi connectivity index (χ1v) is 13.4. The molecule has 2 amide bonds. The minimum atomic E-state index is 0.0152. The molecule has 1 aliphatic carbocycles. The number of nitrogen functional groups attached to an aromatic ring is 1. The Balaban J connectivity index is 1.19. The molecule has 0 radical (unpaired) electrons. The van der Waals surface area contributed by atoms with E-state index in [1.165, 1.54) is 22.3 Å². The Labute approximate surface area is 218 Å². The van der Waals surface area contributed by atoms with Gasteiger partial charge in [-0.2, -0.15) is 4.98 Å². The van der Waals surface area contributed by atoms with E-state index in [-0.39, 0.29) is 18.0 Å². The van der Waals surface area contributed by atoms with Gasteiger partial charge in [0.05, 0.1) is 11.7 Å². The molecule has 3 aromatic rings. The zero-order valence-electron chi connectivity index (χ0n) is 21.5. The van der Waals surface area contributed by atoms with Gasteiger partial charge in [0, 0.05) is 50.9 Å². The van der Waals surface area contributed by atoms with E-state index in [2.05, 4.69) is 74.6 Å². The molecule has 37 heavy (non-hydrogen) atoms. The number of benzene rings is 2. The number of rotatable bonds is 3. The fourth-order valence-electron chi connectivity index (χ4n) is 5.83. The van der Waals surface area contributed by atoms with Crippen LogP contribution in [0.2, 0.25) is 0 Å². The zero-order valence-corrected chi connectivity index (χ0v) is 21.5. The summed E-state index contributed by atoms with van der Waals surface area (Å²) in [5.74, 6) is 1.17. The molecule has 1 atom stereocenters. The van der Waals surface area contributed by atoms with Crippen LogP contribution in [0.1, 0.15) is 41.1 Å². The Kier molecular flexibility index (Phi) is 6.42. The van der Waals surface area contributed by atoms with Crippen molar-refractivity contribution in [1.82, 2.24) is 25.1 Å². The molecular formula is C29H35N7O. The fourth-order valence-corrected chi connectivity index (χ4v) is 5.83. The van der Waals surface area contributed by atoms with Crippen molar-refractivity contribution in [3.8, 4) is 11.3 Å². The molecule has 1 fully saturated rings. The molecule has 8 nitrogen and oxygen atoms in total. The number of fused-ring (bicyclic) bond motifs is 2. The van der Waals surface area contributed by atoms with E-state index in [9.17, 15) is 4.79 Å². The number of aromatic nitrogens is 2. The maximum absolute atomic E-state index is 13.3. The lowest BCUT2D eigenvalue weighted by Gasteiger charge is -2.33. The number of carbonyl (C=O) groups excluding carboxylic acids is 1. The van der Waals surface area contributed by atoms with Crippen LogP contribution < -0.4 is 16.0 Å². The van der Waals surface area contributed by atoms with Crippen molar-refractivity contribution in [1.29, 1.82) is 0 Å². The second kappa shape index (κ2) is 10.0. The van der Waals surface area contributed by atoms with Gasteiger partial charge in [-0.15, -0.1) is 0 Å². The largest absolute Gasteiger partial charge is 0.368 e. The average molecular weight is 498 g/mol. The highest BCUT2D eigenvalue weighted by Gasteiger charge is 2.26. The van der Waals surface area contributed by atoms with E-state index in [1.54, 1.807) is 0 Å². The van der Waals surface area contributed by atoms with Crippen molar-refractivity contribution in [2.75, 3.05) is 50.4 Å². The number of carbonyl (C=O) groups is 1. The topological polar surface area (TPSA) is 90.6 Å². The number of nitrogens with zero attached hydrogens (tertiary/aromatic N) is 5. The van der Waals surface area contributed by atoms with Crippen molar-refractivity contribution in [3.05, 3.63) is 70.8 Å². The Morgan fingerprint density at radius 3 is 2.65 bits per heavy atom. The van der Waals surface area contributed by atoms with E-state index in [0.29, 0.717) is 6.54 Å². The summed E-state index contributed by atoms with van der Waals surface area (Å²) in [6.45, 7) is 5.17. The summed E-state index contributed by atoms with van der Waals surface area (Å²) in [5.41, 5.74) is 13.0. The highest BCUT2D eigenvalue weighted by molar-refractivity contribution is 5.75. The highest BCUT2D eigenvalue weighted by Crippen LogP contribution is 2.31. The molecule has 1 unspecified atom stereocenters. The minimum absolute atomic E-state index is 0.0152. The summed E-state index contributed by atoms with van der Waals surface area (Å²) in [6, 6.07) is 17.1. The van der Waals surface area contributed by atoms with Crippen LogP contribution in [0.4, 0.5) is 16.6 Å². The third-order valence-electron chi connectivity index (χ3n) is 8.03. The lowest BCUT2D eigenvalue weighted by Crippen LogP contribution is -2.44. The number of likely N-dealkylation sites (N-methyl/N-ethyl adjacent to an activating group) is 1. The zero-order chi connectivity index (χ0) is 25.4. The molecule has 3 aliphatic rings. The maximum atomic E-state index is 13.3. The quantitative estimate of drug-likeness (QED) is 0.574. The third-order valence-corrected chi connectivity index (χ3v) is 8.03. The average Bonchev–Trinajstić information content (AvgIpc) is 2.92. The van der Waals surface area contributed by atoms with Gasteiger partial charge < -0.3 is 25.8 Å². The Hall–Kier alpha value is -3.65. The molecule has 3 N–H and O–H groups in total. The second-order valence-electron chi connectivity index (χ2n) is 10.5. The molecule has 1 saturated heterocycles. The molecule has 2 aliphatic heterocycles. The fraction of sp³-hybridized carbons (Fsp3) is 0.414. The first kappa shape index (κ1) is 23.7. The van der Waals surface area contributed by atoms with Gasteiger partial charge in [-0.3, -0.25) is 0 Å². The third kappa shape index (κ3) is 4.98. The number of anilines is 2. The summed E-state index contributed by atoms with van der Waals surface area (Å²) in [4.78, 5) is 28.9. The Morgan fingerprint density at radius 2 is 1.78 bits per heavy atom. The van der Waals surface area contributed by atoms with Crippen LogP contribution in [-0.4, -0.2) is 65.6 Å². The molecule has 0 saturated carbocycles. The van der Waals surface area contributed by atoms with Crippen LogP contribution in [0.3, 0.4) is 0 Å². The van der Waals surface area contributed by atoms with Gasteiger partial charge in [-0.1, -0.05) is 36.4 Å². The van der Waals surface area contributed by atoms with Gasteiger partial charge in [-0.05, 0) is 61.1 Å². The van der Waals surface area contributed by atoms with Gasteiger partial charge in [0.1, 0.15) is 5.82 Å². The number of hydrogen-bond acceptors (Lipinski definition) is 6. The number of piperazine rings is 1. The van der Waals surface area contributed by atoms with Gasteiger partial charge in [0.25, 0.3) is 0 Å². The number of nitrogens with two attached hydrogens (primary N) is 1. The summed E-state index contributed by atoms with van der Waals surface area (Å²) >= 11 is 0. The lowest BCUT2D eigenvalue weighted by atomic mass is 9.88. The van der Waals surface area contributed by atoms with E-state index in [4.69, 9.17) is 5.73 Å². The minimum Gasteiger partial charge on any atom is -0.368 e. The lowest BCUT2D eigenvalue weighted by molar-refractivity contribution is 0.187. The molecular weight excluding hydrogens is 462 g/mol. The van der Waals surface area contributed by atoms with Crippen LogP contribution in [0.15, 0.2) is 48.5 Å². The number of urea groups is 1. The molecule has 1 aromatic heterocycles. The van der Waals surface area contributed by atoms with Crippen LogP contribution in [0, 0.1) is 0 Å². The molecule has 2 aromatic carbocycles. The van der Waals surface area contributed by atoms with Crippen molar-refractivity contribution in [2.45, 2.75) is 38.3 Å². The molecule has 8 heteroatoms. The monoisotopic (exact) mass is 497 g/mol. The molecule has 192 valence electrons. The summed E-state index contributed by atoms with van der Waals surface area (Å²) < 4.78 is 0. The first-order valence-electron chi connectivity index (χ1n) is 13.4. The normalized spacial score (nSPS) is 19.8. The molecule has 0 spiro atoms. The van der Waals surface area contributed by atoms with E-state index < -0.39 is 0 Å². The summed E-state index contributed by atoms with van der Waals surface area (Å²) in [6.07, 6.45) is 4.03. The molecule has 3 heterocycles. The van der Waals surface area contributed by atoms with Gasteiger partial charge in [-0.25, -0.2) is 9.78 Å². The van der Waals surface area contributed by atoms with E-state index in [0.717, 1.165) is 75.5 Å². The maximum Gasteiger partial charge on any atom is 0.318 e. The van der Waals surface area contributed by atoms with Gasteiger partial charge >= 0.3 is 6.03 Å². The Bertz CT molecular complexity index is 1300. The van der Waals surface area contributed by atoms with Gasteiger partial charge in [0.15, 0.2) is 0 Å². The van der Waals surface area contributed by atoms with Gasteiger partial charge in [0.2, 0.25) is 5.95 Å². The smallest absolute Gasteiger partial charge is 0.318 e. The predicted molar refractivity (Wildman–Crippen MR) is 146 cm³/mol. The van der Waals surface area contributed by atoms with Crippen molar-refractivity contribution < 1.29 is 4.79 Å². The summed E-state index contributed by atoms with van der Waals surface area (Å²) in [5, 5.41) is 3.32. The second-order valence-corrected chi connectivity index (χ2v) is 10.5. The number of amides is 2. The predicted octanol–water partition coefficient (Wildman–Crippen LogP) is 3.62. The molecule has 6 rings (SSSR count). The number of nitrogens with one attached hydrogen (secondary N) is 1. The first-order chi connectivity index (χ1) is 18.0. The van der Waals surface area contributed by atoms with Crippen LogP contribution in [0.25, 0.3) is 11.3 Å². The Morgan fingerprint density at radius 1 is 0.946 bits per heavy atom. The SMILES string of the molecule is CN1CCN(c2cc(-c3ccc4c(c3)CN(C(=O)NC3CCCc5ccccc53)CC4)nc(N)n2)CC1. The van der Waals surface area contributed by atoms with Crippen molar-refractivity contribution in [2.24, 2.45) is 0 Å². The van der Waals surface area contributed by atoms with Crippen molar-refractivity contribution >= 4 is 17.8 Å². The van der Waals surface area contributed by atoms with Crippen LogP contribution in [0.5, 0.6) is 0 Å².